The number of hydrogen-bond donors (Lipinski definition) is 0. The lowest BCUT2D eigenvalue weighted by Gasteiger charge is -2.33. The van der Waals surface area contributed by atoms with Crippen LogP contribution in [0.3, 0.4) is 0 Å². The Morgan fingerprint density at radius 1 is 1.08 bits per heavy atom. The quantitative estimate of drug-likeness (QED) is 0.616. The summed E-state index contributed by atoms with van der Waals surface area (Å²) in [6.45, 7) is 3.99. The summed E-state index contributed by atoms with van der Waals surface area (Å²) in [7, 11) is 0. The fraction of sp³-hybridized carbons (Fsp3) is 0.471. The van der Waals surface area contributed by atoms with Gasteiger partial charge in [0, 0.05) is 19.2 Å². The van der Waals surface area contributed by atoms with Crippen LogP contribution < -0.4 is 4.90 Å². The number of halogens is 2. The van der Waals surface area contributed by atoms with Crippen molar-refractivity contribution in [1.29, 1.82) is 0 Å². The molecular formula is C17H19F2N3O3. The molecule has 0 spiro atoms. The van der Waals surface area contributed by atoms with Crippen LogP contribution in [0.2, 0.25) is 0 Å². The van der Waals surface area contributed by atoms with Gasteiger partial charge in [0.05, 0.1) is 5.69 Å². The summed E-state index contributed by atoms with van der Waals surface area (Å²) in [5.74, 6) is -3.16. The minimum absolute atomic E-state index is 0.0248. The number of benzene rings is 1. The zero-order valence-corrected chi connectivity index (χ0v) is 14.1. The number of amides is 4. The van der Waals surface area contributed by atoms with Crippen LogP contribution in [0.4, 0.5) is 19.3 Å². The molecule has 4 amide bonds. The molecule has 2 heterocycles. The highest BCUT2D eigenvalue weighted by Crippen LogP contribution is 2.31. The molecule has 0 unspecified atom stereocenters. The van der Waals surface area contributed by atoms with Crippen LogP contribution in [0.25, 0.3) is 0 Å². The predicted octanol–water partition coefficient (Wildman–Crippen LogP) is 2.12. The molecule has 0 radical (unpaired) electrons. The first kappa shape index (κ1) is 17.3. The van der Waals surface area contributed by atoms with Crippen molar-refractivity contribution in [3.8, 4) is 0 Å². The van der Waals surface area contributed by atoms with Gasteiger partial charge in [-0.2, -0.15) is 0 Å². The van der Waals surface area contributed by atoms with Crippen molar-refractivity contribution in [2.75, 3.05) is 24.7 Å². The van der Waals surface area contributed by atoms with Gasteiger partial charge in [-0.1, -0.05) is 13.8 Å². The molecule has 2 aliphatic heterocycles. The molecule has 1 aromatic carbocycles. The van der Waals surface area contributed by atoms with E-state index in [0.717, 1.165) is 15.9 Å². The van der Waals surface area contributed by atoms with Gasteiger partial charge in [-0.05, 0) is 30.4 Å². The third kappa shape index (κ3) is 3.08. The Morgan fingerprint density at radius 3 is 2.44 bits per heavy atom. The molecule has 6 nitrogen and oxygen atoms in total. The number of aryl methyl sites for hydroxylation is 1. The van der Waals surface area contributed by atoms with Gasteiger partial charge < -0.3 is 4.90 Å². The molecule has 0 bridgehead atoms. The van der Waals surface area contributed by atoms with Crippen LogP contribution in [0.1, 0.15) is 25.8 Å². The molecule has 134 valence electrons. The Kier molecular flexibility index (Phi) is 4.45. The Labute approximate surface area is 144 Å². The number of urea groups is 1. The van der Waals surface area contributed by atoms with Crippen molar-refractivity contribution in [2.24, 2.45) is 5.92 Å². The van der Waals surface area contributed by atoms with Gasteiger partial charge in [0.1, 0.15) is 18.3 Å². The zero-order valence-electron chi connectivity index (χ0n) is 14.1. The van der Waals surface area contributed by atoms with Crippen molar-refractivity contribution in [1.82, 2.24) is 9.80 Å². The summed E-state index contributed by atoms with van der Waals surface area (Å²) in [5, 5.41) is 0. The standard InChI is InChI=1S/C17H19F2N3O3/c1-10(2)8-21-15(23)16(24)22(17(21)25)9-20-5-3-4-11-6-12(18)7-13(19)14(11)20/h6-7,10H,3-5,8-9H2,1-2H3. The monoisotopic (exact) mass is 351 g/mol. The number of carbonyl (C=O) groups excluding carboxylic acids is 3. The lowest BCUT2D eigenvalue weighted by atomic mass is 10.0. The third-order valence-corrected chi connectivity index (χ3v) is 4.29. The summed E-state index contributed by atoms with van der Waals surface area (Å²) in [4.78, 5) is 39.9. The van der Waals surface area contributed by atoms with E-state index in [0.29, 0.717) is 24.9 Å². The molecular weight excluding hydrogens is 332 g/mol. The molecule has 25 heavy (non-hydrogen) atoms. The second kappa shape index (κ2) is 6.42. The summed E-state index contributed by atoms with van der Waals surface area (Å²) >= 11 is 0. The molecule has 3 rings (SSSR count). The molecule has 0 atom stereocenters. The highest BCUT2D eigenvalue weighted by molar-refractivity contribution is 6.44. The average Bonchev–Trinajstić information content (AvgIpc) is 2.72. The first-order valence-corrected chi connectivity index (χ1v) is 8.19. The number of rotatable bonds is 4. The second-order valence-electron chi connectivity index (χ2n) is 6.73. The van der Waals surface area contributed by atoms with Crippen LogP contribution in [0.5, 0.6) is 0 Å². The number of anilines is 1. The molecule has 8 heteroatoms. The maximum Gasteiger partial charge on any atom is 0.335 e. The predicted molar refractivity (Wildman–Crippen MR) is 85.7 cm³/mol. The topological polar surface area (TPSA) is 60.9 Å². The largest absolute Gasteiger partial charge is 0.351 e. The van der Waals surface area contributed by atoms with E-state index in [-0.39, 0.29) is 24.8 Å². The van der Waals surface area contributed by atoms with Gasteiger partial charge in [-0.15, -0.1) is 0 Å². The van der Waals surface area contributed by atoms with E-state index in [1.54, 1.807) is 0 Å². The van der Waals surface area contributed by atoms with E-state index in [9.17, 15) is 23.2 Å². The molecule has 0 aromatic heterocycles. The van der Waals surface area contributed by atoms with E-state index in [1.807, 2.05) is 13.8 Å². The maximum atomic E-state index is 14.2. The van der Waals surface area contributed by atoms with E-state index < -0.39 is 29.5 Å². The van der Waals surface area contributed by atoms with Crippen LogP contribution in [0.15, 0.2) is 12.1 Å². The van der Waals surface area contributed by atoms with Gasteiger partial charge in [0.25, 0.3) is 0 Å². The van der Waals surface area contributed by atoms with Crippen molar-refractivity contribution in [3.63, 3.8) is 0 Å². The number of fused-ring (bicyclic) bond motifs is 1. The SMILES string of the molecule is CC(C)CN1C(=O)C(=O)N(CN2CCCc3cc(F)cc(F)c32)C1=O. The smallest absolute Gasteiger partial charge is 0.335 e. The summed E-state index contributed by atoms with van der Waals surface area (Å²) in [6, 6.07) is 1.34. The first-order valence-electron chi connectivity index (χ1n) is 8.19. The van der Waals surface area contributed by atoms with Crippen molar-refractivity contribution in [3.05, 3.63) is 29.3 Å². The van der Waals surface area contributed by atoms with Crippen LogP contribution in [-0.2, 0) is 16.0 Å². The third-order valence-electron chi connectivity index (χ3n) is 4.29. The normalized spacial score (nSPS) is 17.8. The minimum Gasteiger partial charge on any atom is -0.351 e. The van der Waals surface area contributed by atoms with E-state index in [4.69, 9.17) is 0 Å². The average molecular weight is 351 g/mol. The maximum absolute atomic E-state index is 14.2. The number of imide groups is 2. The number of nitrogens with zero attached hydrogens (tertiary/aromatic N) is 3. The number of carbonyl (C=O) groups is 3. The molecule has 0 aliphatic carbocycles. The van der Waals surface area contributed by atoms with Crippen LogP contribution in [0, 0.1) is 17.6 Å². The van der Waals surface area contributed by atoms with E-state index >= 15 is 0 Å². The zero-order chi connectivity index (χ0) is 18.3. The fourth-order valence-corrected chi connectivity index (χ4v) is 3.25. The Bertz CT molecular complexity index is 751. The molecule has 1 aromatic rings. The van der Waals surface area contributed by atoms with Gasteiger partial charge >= 0.3 is 17.8 Å². The molecule has 0 N–H and O–H groups in total. The number of hydrogen-bond acceptors (Lipinski definition) is 4. The Balaban J connectivity index is 1.86. The molecule has 2 aliphatic rings. The highest BCUT2D eigenvalue weighted by atomic mass is 19.1. The molecule has 1 fully saturated rings. The van der Waals surface area contributed by atoms with Crippen molar-refractivity contribution in [2.45, 2.75) is 26.7 Å². The van der Waals surface area contributed by atoms with Crippen LogP contribution >= 0.6 is 0 Å². The fourth-order valence-electron chi connectivity index (χ4n) is 3.25. The summed E-state index contributed by atoms with van der Waals surface area (Å²) < 4.78 is 27.6. The molecule has 1 saturated heterocycles. The second-order valence-corrected chi connectivity index (χ2v) is 6.73. The van der Waals surface area contributed by atoms with Gasteiger partial charge in [-0.25, -0.2) is 18.5 Å². The molecule has 0 saturated carbocycles. The first-order chi connectivity index (χ1) is 11.8. The van der Waals surface area contributed by atoms with E-state index in [2.05, 4.69) is 0 Å². The lowest BCUT2D eigenvalue weighted by Crippen LogP contribution is -2.45. The summed E-state index contributed by atoms with van der Waals surface area (Å²) in [6.07, 6.45) is 1.15. The Morgan fingerprint density at radius 2 is 1.76 bits per heavy atom. The lowest BCUT2D eigenvalue weighted by molar-refractivity contribution is -0.143. The Hall–Kier alpha value is -2.51. The van der Waals surface area contributed by atoms with E-state index in [1.165, 1.54) is 11.0 Å². The van der Waals surface area contributed by atoms with Gasteiger partial charge in [0.15, 0.2) is 0 Å². The highest BCUT2D eigenvalue weighted by Gasteiger charge is 2.45. The summed E-state index contributed by atoms with van der Waals surface area (Å²) in [5.41, 5.74) is 0.677. The minimum atomic E-state index is -0.916. The van der Waals surface area contributed by atoms with Crippen LogP contribution in [-0.4, -0.2) is 47.4 Å². The van der Waals surface area contributed by atoms with Gasteiger partial charge in [-0.3, -0.25) is 14.5 Å². The van der Waals surface area contributed by atoms with Gasteiger partial charge in [0.2, 0.25) is 0 Å². The van der Waals surface area contributed by atoms with Crippen molar-refractivity contribution >= 4 is 23.5 Å². The van der Waals surface area contributed by atoms with Crippen molar-refractivity contribution < 1.29 is 23.2 Å².